The summed E-state index contributed by atoms with van der Waals surface area (Å²) in [7, 11) is 1.87. The fourth-order valence-electron chi connectivity index (χ4n) is 1.81. The molecule has 1 N–H and O–H groups in total. The number of likely N-dealkylation sites (N-methyl/N-ethyl adjacent to an activating group) is 1. The number of thiophene rings is 1. The van der Waals surface area contributed by atoms with Gasteiger partial charge in [0.25, 0.3) is 0 Å². The number of benzene rings is 1. The van der Waals surface area contributed by atoms with Gasteiger partial charge in [-0.15, -0.1) is 11.3 Å². The minimum atomic E-state index is -0.226. The molecule has 0 bridgehead atoms. The summed E-state index contributed by atoms with van der Waals surface area (Å²) in [5, 5.41) is 3.21. The highest BCUT2D eigenvalue weighted by Gasteiger charge is 2.16. The fourth-order valence-corrected chi connectivity index (χ4v) is 3.39. The second kappa shape index (κ2) is 6.02. The largest absolute Gasteiger partial charge is 0.313 e. The Labute approximate surface area is 120 Å². The van der Waals surface area contributed by atoms with Gasteiger partial charge in [0.2, 0.25) is 0 Å². The Morgan fingerprint density at radius 1 is 1.28 bits per heavy atom. The van der Waals surface area contributed by atoms with Gasteiger partial charge in [0.15, 0.2) is 0 Å². The molecular formula is C13H12Cl2FNS. The molecule has 96 valence electrons. The number of hydrogen-bond acceptors (Lipinski definition) is 2. The van der Waals surface area contributed by atoms with Gasteiger partial charge in [-0.25, -0.2) is 4.39 Å². The Kier molecular flexibility index (Phi) is 4.62. The number of hydrogen-bond donors (Lipinski definition) is 1. The van der Waals surface area contributed by atoms with Crippen LogP contribution >= 0.6 is 34.5 Å². The van der Waals surface area contributed by atoms with Gasteiger partial charge in [0.1, 0.15) is 5.82 Å². The molecule has 0 spiro atoms. The first-order chi connectivity index (χ1) is 8.60. The van der Waals surface area contributed by atoms with E-state index in [0.717, 1.165) is 17.5 Å². The van der Waals surface area contributed by atoms with Crippen LogP contribution in [-0.2, 0) is 6.42 Å². The Morgan fingerprint density at radius 2 is 1.94 bits per heavy atom. The maximum Gasteiger partial charge on any atom is 0.123 e. The van der Waals surface area contributed by atoms with Crippen molar-refractivity contribution in [2.45, 2.75) is 12.5 Å². The zero-order chi connectivity index (χ0) is 13.1. The lowest BCUT2D eigenvalue weighted by Gasteiger charge is -2.15. The van der Waals surface area contributed by atoms with E-state index < -0.39 is 0 Å². The van der Waals surface area contributed by atoms with Crippen molar-refractivity contribution in [3.05, 3.63) is 55.9 Å². The standard InChI is InChI=1S/C13H12Cl2FNS/c1-17-11(10-7-12(14)18-13(10)15)6-8-2-4-9(16)5-3-8/h2-5,7,11,17H,6H2,1H3. The summed E-state index contributed by atoms with van der Waals surface area (Å²) in [6.07, 6.45) is 0.740. The summed E-state index contributed by atoms with van der Waals surface area (Å²) < 4.78 is 14.2. The minimum Gasteiger partial charge on any atom is -0.313 e. The lowest BCUT2D eigenvalue weighted by Crippen LogP contribution is -2.18. The lowest BCUT2D eigenvalue weighted by molar-refractivity contribution is 0.591. The number of nitrogens with one attached hydrogen (secondary N) is 1. The average molecular weight is 304 g/mol. The predicted octanol–water partition coefficient (Wildman–Crippen LogP) is 4.70. The topological polar surface area (TPSA) is 12.0 Å². The number of rotatable bonds is 4. The first-order valence-electron chi connectivity index (χ1n) is 5.46. The molecule has 0 aliphatic rings. The van der Waals surface area contributed by atoms with Crippen LogP contribution in [0, 0.1) is 5.82 Å². The summed E-state index contributed by atoms with van der Waals surface area (Å²) >= 11 is 13.4. The molecule has 0 amide bonds. The van der Waals surface area contributed by atoms with E-state index in [2.05, 4.69) is 5.32 Å². The van der Waals surface area contributed by atoms with E-state index in [1.165, 1.54) is 23.5 Å². The van der Waals surface area contributed by atoms with Crippen LogP contribution in [-0.4, -0.2) is 7.05 Å². The van der Waals surface area contributed by atoms with Gasteiger partial charge in [-0.1, -0.05) is 35.3 Å². The predicted molar refractivity (Wildman–Crippen MR) is 76.2 cm³/mol. The molecule has 1 atom stereocenters. The summed E-state index contributed by atoms with van der Waals surface area (Å²) in [4.78, 5) is 0. The molecule has 2 rings (SSSR count). The Balaban J connectivity index is 2.19. The molecule has 1 aromatic heterocycles. The highest BCUT2D eigenvalue weighted by Crippen LogP contribution is 2.36. The third-order valence-electron chi connectivity index (χ3n) is 2.76. The van der Waals surface area contributed by atoms with Crippen LogP contribution in [0.15, 0.2) is 30.3 Å². The molecular weight excluding hydrogens is 292 g/mol. The van der Waals surface area contributed by atoms with E-state index in [9.17, 15) is 4.39 Å². The van der Waals surface area contributed by atoms with Crippen molar-refractivity contribution in [3.63, 3.8) is 0 Å². The van der Waals surface area contributed by atoms with E-state index in [1.54, 1.807) is 12.1 Å². The quantitative estimate of drug-likeness (QED) is 0.863. The zero-order valence-corrected chi connectivity index (χ0v) is 12.0. The molecule has 0 aliphatic carbocycles. The van der Waals surface area contributed by atoms with Gasteiger partial charge in [0, 0.05) is 11.6 Å². The van der Waals surface area contributed by atoms with Crippen molar-refractivity contribution < 1.29 is 4.39 Å². The van der Waals surface area contributed by atoms with E-state index in [4.69, 9.17) is 23.2 Å². The Morgan fingerprint density at radius 3 is 2.44 bits per heavy atom. The maximum atomic E-state index is 12.8. The third-order valence-corrected chi connectivity index (χ3v) is 4.28. The van der Waals surface area contributed by atoms with Crippen LogP contribution in [0.5, 0.6) is 0 Å². The van der Waals surface area contributed by atoms with Gasteiger partial charge >= 0.3 is 0 Å². The molecule has 18 heavy (non-hydrogen) atoms. The van der Waals surface area contributed by atoms with Crippen LogP contribution in [0.1, 0.15) is 17.2 Å². The smallest absolute Gasteiger partial charge is 0.123 e. The molecule has 0 aliphatic heterocycles. The van der Waals surface area contributed by atoms with Gasteiger partial charge in [-0.3, -0.25) is 0 Å². The van der Waals surface area contributed by atoms with Gasteiger partial charge in [-0.05, 0) is 37.2 Å². The molecule has 1 aromatic carbocycles. The van der Waals surface area contributed by atoms with Crippen molar-refractivity contribution in [3.8, 4) is 0 Å². The highest BCUT2D eigenvalue weighted by molar-refractivity contribution is 7.20. The summed E-state index contributed by atoms with van der Waals surface area (Å²) in [5.74, 6) is -0.226. The van der Waals surface area contributed by atoms with Gasteiger partial charge < -0.3 is 5.32 Å². The van der Waals surface area contributed by atoms with E-state index in [-0.39, 0.29) is 11.9 Å². The van der Waals surface area contributed by atoms with E-state index >= 15 is 0 Å². The molecule has 0 radical (unpaired) electrons. The fraction of sp³-hybridized carbons (Fsp3) is 0.231. The summed E-state index contributed by atoms with van der Waals surface area (Å²) in [5.41, 5.74) is 2.03. The van der Waals surface area contributed by atoms with Crippen molar-refractivity contribution in [2.24, 2.45) is 0 Å². The van der Waals surface area contributed by atoms with Crippen molar-refractivity contribution in [1.82, 2.24) is 5.32 Å². The second-order valence-electron chi connectivity index (χ2n) is 3.95. The lowest BCUT2D eigenvalue weighted by atomic mass is 10.0. The molecule has 0 saturated heterocycles. The third kappa shape index (κ3) is 3.23. The Bertz CT molecular complexity index is 524. The monoisotopic (exact) mass is 303 g/mol. The molecule has 2 aromatic rings. The molecule has 1 heterocycles. The summed E-state index contributed by atoms with van der Waals surface area (Å²) in [6, 6.07) is 8.43. The molecule has 0 fully saturated rings. The van der Waals surface area contributed by atoms with Crippen LogP contribution in [0.25, 0.3) is 0 Å². The maximum absolute atomic E-state index is 12.8. The first-order valence-corrected chi connectivity index (χ1v) is 7.04. The highest BCUT2D eigenvalue weighted by atomic mass is 35.5. The summed E-state index contributed by atoms with van der Waals surface area (Å²) in [6.45, 7) is 0. The molecule has 5 heteroatoms. The van der Waals surface area contributed by atoms with Gasteiger partial charge in [-0.2, -0.15) is 0 Å². The number of halogens is 3. The zero-order valence-electron chi connectivity index (χ0n) is 9.71. The second-order valence-corrected chi connectivity index (χ2v) is 6.24. The molecule has 1 unspecified atom stereocenters. The Hall–Kier alpha value is -0.610. The van der Waals surface area contributed by atoms with Crippen molar-refractivity contribution in [1.29, 1.82) is 0 Å². The normalized spacial score (nSPS) is 12.7. The molecule has 1 nitrogen and oxygen atoms in total. The van der Waals surface area contributed by atoms with E-state index in [0.29, 0.717) is 8.67 Å². The average Bonchev–Trinajstić information content (AvgIpc) is 2.68. The van der Waals surface area contributed by atoms with Crippen molar-refractivity contribution >= 4 is 34.5 Å². The molecule has 0 saturated carbocycles. The van der Waals surface area contributed by atoms with Crippen LogP contribution in [0.4, 0.5) is 4.39 Å². The van der Waals surface area contributed by atoms with Crippen molar-refractivity contribution in [2.75, 3.05) is 7.05 Å². The first kappa shape index (κ1) is 13.8. The van der Waals surface area contributed by atoms with Crippen LogP contribution in [0.3, 0.4) is 0 Å². The van der Waals surface area contributed by atoms with Crippen LogP contribution in [0.2, 0.25) is 8.67 Å². The SMILES string of the molecule is CNC(Cc1ccc(F)cc1)c1cc(Cl)sc1Cl. The van der Waals surface area contributed by atoms with E-state index in [1.807, 2.05) is 13.1 Å². The minimum absolute atomic E-state index is 0.0757. The van der Waals surface area contributed by atoms with Crippen LogP contribution < -0.4 is 5.32 Å². The van der Waals surface area contributed by atoms with Gasteiger partial charge in [0.05, 0.1) is 8.67 Å².